The Kier molecular flexibility index (Phi) is 4.61. The van der Waals surface area contributed by atoms with E-state index in [0.29, 0.717) is 31.6 Å². The van der Waals surface area contributed by atoms with Crippen LogP contribution in [0.2, 0.25) is 0 Å². The number of hydrogen-bond acceptors (Lipinski definition) is 3. The van der Waals surface area contributed by atoms with Gasteiger partial charge in [-0.1, -0.05) is 0 Å². The number of carbonyl (C=O) groups is 1. The zero-order valence-corrected chi connectivity index (χ0v) is 20.2. The fraction of sp³-hybridized carbons (Fsp3) is 0.762. The maximum atomic E-state index is 11.3. The summed E-state index contributed by atoms with van der Waals surface area (Å²) in [6, 6.07) is 0. The maximum absolute atomic E-state index is 11.3. The predicted molar refractivity (Wildman–Crippen MR) is 97.6 cm³/mol. The van der Waals surface area contributed by atoms with Gasteiger partial charge in [-0.3, -0.25) is 4.79 Å². The van der Waals surface area contributed by atoms with E-state index in [1.807, 2.05) is 0 Å². The quantitative estimate of drug-likeness (QED) is 0.298. The molecule has 2 saturated carbocycles. The Morgan fingerprint density at radius 3 is 2.60 bits per heavy atom. The molecule has 6 unspecified atom stereocenters. The van der Waals surface area contributed by atoms with E-state index in [1.54, 1.807) is 5.57 Å². The molecule has 4 aliphatic carbocycles. The summed E-state index contributed by atoms with van der Waals surface area (Å²) in [6.45, 7) is 6.48. The van der Waals surface area contributed by atoms with Crippen LogP contribution in [0.15, 0.2) is 23.5 Å². The molecular weight excluding hydrogens is 505 g/mol. The minimum absolute atomic E-state index is 0.0985. The molecule has 4 heteroatoms. The zero-order valence-electron chi connectivity index (χ0n) is 15.7. The molecule has 0 spiro atoms. The molecule has 6 atom stereocenters. The van der Waals surface area contributed by atoms with Crippen LogP contribution < -0.4 is 0 Å². The van der Waals surface area contributed by atoms with Crippen LogP contribution in [-0.4, -0.2) is 38.3 Å². The fourth-order valence-electron chi connectivity index (χ4n) is 6.67. The van der Waals surface area contributed by atoms with Crippen molar-refractivity contribution in [3.05, 3.63) is 23.5 Å². The van der Waals surface area contributed by atoms with Crippen LogP contribution in [0.4, 0.5) is 0 Å². The molecule has 0 N–H and O–H groups in total. The Hall–Kier alpha value is -0.328. The summed E-state index contributed by atoms with van der Waals surface area (Å²) < 4.78 is 11.4. The monoisotopic (exact) mass is 534 g/mol. The van der Waals surface area contributed by atoms with Gasteiger partial charge in [0.25, 0.3) is 0 Å². The van der Waals surface area contributed by atoms with Crippen molar-refractivity contribution in [1.29, 1.82) is 0 Å². The van der Waals surface area contributed by atoms with E-state index in [-0.39, 0.29) is 17.5 Å². The molecule has 134 valence electrons. The van der Waals surface area contributed by atoms with Gasteiger partial charge in [0, 0.05) is 6.92 Å². The summed E-state index contributed by atoms with van der Waals surface area (Å²) in [6.07, 6.45) is 13.1. The molecule has 2 fully saturated rings. The number of hydrogen-bond donors (Lipinski definition) is 0. The van der Waals surface area contributed by atoms with Crippen molar-refractivity contribution in [2.24, 2.45) is 28.6 Å². The molecule has 3 nitrogen and oxygen atoms in total. The Balaban J connectivity index is 1.58. The first-order chi connectivity index (χ1) is 11.9. The van der Waals surface area contributed by atoms with Crippen molar-refractivity contribution in [1.82, 2.24) is 0 Å². The Labute approximate surface area is 167 Å². The summed E-state index contributed by atoms with van der Waals surface area (Å²) in [4.78, 5) is 11.3. The molecule has 0 amide bonds. The molecule has 0 aromatic rings. The standard InChI is InChI=1S/C21H30O3.Tl/c1-13(22)24-15-8-10-20(2)14(12-15)4-5-16-17-6-7-19(23)21(17,3)11-9-18(16)20;/h4,7,15-18,23H,5-6,8-12H2,1-3H3;/q;+1/p-1. The second-order valence-electron chi connectivity index (χ2n) is 9.11. The van der Waals surface area contributed by atoms with E-state index in [0.717, 1.165) is 30.6 Å². The van der Waals surface area contributed by atoms with Crippen LogP contribution in [0.5, 0.6) is 0 Å². The van der Waals surface area contributed by atoms with Gasteiger partial charge in [0.05, 0.1) is 0 Å². The zero-order chi connectivity index (χ0) is 17.8. The van der Waals surface area contributed by atoms with E-state index >= 15 is 0 Å². The number of fused-ring (bicyclic) bond motifs is 5. The number of ether oxygens (including phenoxy) is 1. The number of carbonyl (C=O) groups excluding carboxylic acids is 1. The average molecular weight is 534 g/mol. The van der Waals surface area contributed by atoms with E-state index in [2.05, 4.69) is 26.0 Å². The van der Waals surface area contributed by atoms with Gasteiger partial charge in [-0.25, -0.2) is 0 Å². The van der Waals surface area contributed by atoms with Gasteiger partial charge in [-0.05, 0) is 0 Å². The van der Waals surface area contributed by atoms with Gasteiger partial charge in [0.15, 0.2) is 0 Å². The van der Waals surface area contributed by atoms with Crippen LogP contribution in [0, 0.1) is 28.6 Å². The van der Waals surface area contributed by atoms with E-state index in [4.69, 9.17) is 7.42 Å². The van der Waals surface area contributed by atoms with Crippen LogP contribution in [-0.2, 0) is 12.2 Å². The van der Waals surface area contributed by atoms with E-state index in [9.17, 15) is 4.79 Å². The molecule has 4 aliphatic rings. The van der Waals surface area contributed by atoms with Gasteiger partial charge in [-0.2, -0.15) is 0 Å². The Bertz CT molecular complexity index is 639. The van der Waals surface area contributed by atoms with Gasteiger partial charge >= 0.3 is 157 Å². The van der Waals surface area contributed by atoms with Crippen molar-refractivity contribution < 1.29 is 12.2 Å². The number of esters is 1. The summed E-state index contributed by atoms with van der Waals surface area (Å²) in [5.74, 6) is 3.49. The minimum atomic E-state index is -0.135. The average Bonchev–Trinajstić information content (AvgIpc) is 2.91. The molecule has 25 heavy (non-hydrogen) atoms. The van der Waals surface area contributed by atoms with E-state index in [1.165, 1.54) is 44.8 Å². The SMILES string of the molecule is CC(=O)OC1CCC2(C)C(=CCC3C2CCC2(C)C([O][Tl])=CCC32)C1. The summed E-state index contributed by atoms with van der Waals surface area (Å²) in [7, 11) is 0. The number of allylic oxidation sites excluding steroid dienone is 3. The van der Waals surface area contributed by atoms with Crippen LogP contribution >= 0.6 is 0 Å². The molecule has 0 aromatic carbocycles. The van der Waals surface area contributed by atoms with Gasteiger partial charge < -0.3 is 0 Å². The van der Waals surface area contributed by atoms with Gasteiger partial charge in [-0.15, -0.1) is 0 Å². The Morgan fingerprint density at radius 2 is 1.88 bits per heavy atom. The summed E-state index contributed by atoms with van der Waals surface area (Å²) >= 11 is 0.594. The number of rotatable bonds is 2. The van der Waals surface area contributed by atoms with Crippen LogP contribution in [0.25, 0.3) is 0 Å². The molecule has 4 rings (SSSR count). The normalized spacial score (nSPS) is 45.4. The second-order valence-corrected chi connectivity index (χ2v) is 10.0. The van der Waals surface area contributed by atoms with Crippen molar-refractivity contribution >= 4 is 32.2 Å². The van der Waals surface area contributed by atoms with Crippen molar-refractivity contribution in [3.8, 4) is 0 Å². The summed E-state index contributed by atoms with van der Waals surface area (Å²) in [5.41, 5.74) is 2.17. The first kappa shape index (κ1) is 18.1. The molecule has 0 bridgehead atoms. The van der Waals surface area contributed by atoms with Crippen molar-refractivity contribution in [2.75, 3.05) is 0 Å². The van der Waals surface area contributed by atoms with Crippen molar-refractivity contribution in [3.63, 3.8) is 0 Å². The van der Waals surface area contributed by atoms with Crippen molar-refractivity contribution in [2.45, 2.75) is 71.8 Å². The van der Waals surface area contributed by atoms with Crippen LogP contribution in [0.1, 0.15) is 65.7 Å². The molecule has 0 heterocycles. The molecule has 0 aliphatic heterocycles. The van der Waals surface area contributed by atoms with Gasteiger partial charge in [0.2, 0.25) is 0 Å². The third-order valence-corrected chi connectivity index (χ3v) is 9.02. The molecule has 0 aromatic heterocycles. The predicted octanol–water partition coefficient (Wildman–Crippen LogP) is 4.47. The topological polar surface area (TPSA) is 35.5 Å². The fourth-order valence-corrected chi connectivity index (χ4v) is 8.09. The molecule has 0 saturated heterocycles. The molecule has 0 radical (unpaired) electrons. The third kappa shape index (κ3) is 2.74. The van der Waals surface area contributed by atoms with E-state index < -0.39 is 0 Å². The third-order valence-electron chi connectivity index (χ3n) is 8.03. The second kappa shape index (κ2) is 6.38. The molecular formula is C21H29O3Tl. The Morgan fingerprint density at radius 1 is 1.12 bits per heavy atom. The first-order valence-electron chi connectivity index (χ1n) is 9.82. The first-order valence-corrected chi connectivity index (χ1v) is 11.7. The van der Waals surface area contributed by atoms with Crippen LogP contribution in [0.3, 0.4) is 0 Å². The summed E-state index contributed by atoms with van der Waals surface area (Å²) in [5, 5.41) is 0. The van der Waals surface area contributed by atoms with Gasteiger partial charge in [0.1, 0.15) is 0 Å².